The molecule has 4 nitrogen and oxygen atoms in total. The Morgan fingerprint density at radius 2 is 2.10 bits per heavy atom. The Hall–Kier alpha value is -1.15. The van der Waals surface area contributed by atoms with Crippen molar-refractivity contribution in [2.24, 2.45) is 0 Å². The monoisotopic (exact) mass is 354 g/mol. The van der Waals surface area contributed by atoms with Crippen LogP contribution in [0.15, 0.2) is 18.3 Å². The van der Waals surface area contributed by atoms with Gasteiger partial charge in [-0.1, -0.05) is 15.9 Å². The van der Waals surface area contributed by atoms with Gasteiger partial charge in [0.2, 0.25) is 0 Å². The van der Waals surface area contributed by atoms with Crippen molar-refractivity contribution in [3.05, 3.63) is 29.6 Å². The highest BCUT2D eigenvalue weighted by atomic mass is 79.9. The van der Waals surface area contributed by atoms with Gasteiger partial charge in [0, 0.05) is 24.7 Å². The largest absolute Gasteiger partial charge is 0.417 e. The number of hydrogen-bond donors (Lipinski definition) is 1. The summed E-state index contributed by atoms with van der Waals surface area (Å²) in [4.78, 5) is 15.1. The van der Waals surface area contributed by atoms with E-state index in [2.05, 4.69) is 26.2 Å². The molecule has 20 heavy (non-hydrogen) atoms. The standard InChI is InChI=1S/C12H14BrF3N2O2/c13-4-7-20-6-1-5-17-11(19)10-3-2-9(8-18-10)12(14,15)16/h2-3,8H,1,4-7H2,(H,17,19). The number of nitrogens with one attached hydrogen (secondary N) is 1. The normalized spacial score (nSPS) is 11.4. The molecule has 0 bridgehead atoms. The number of carbonyl (C=O) groups excluding carboxylic acids is 1. The maximum Gasteiger partial charge on any atom is 0.417 e. The van der Waals surface area contributed by atoms with E-state index in [4.69, 9.17) is 4.74 Å². The molecule has 112 valence electrons. The molecule has 1 heterocycles. The lowest BCUT2D eigenvalue weighted by atomic mass is 10.2. The molecule has 0 fully saturated rings. The molecule has 0 aliphatic carbocycles. The first kappa shape index (κ1) is 16.9. The molecule has 0 aromatic carbocycles. The summed E-state index contributed by atoms with van der Waals surface area (Å²) in [6.45, 7) is 1.48. The number of alkyl halides is 4. The fourth-order valence-electron chi connectivity index (χ4n) is 1.32. The van der Waals surface area contributed by atoms with E-state index in [0.717, 1.165) is 17.5 Å². The SMILES string of the molecule is O=C(NCCCOCCBr)c1ccc(C(F)(F)F)cn1. The van der Waals surface area contributed by atoms with Gasteiger partial charge in [-0.05, 0) is 18.6 Å². The van der Waals surface area contributed by atoms with Gasteiger partial charge in [-0.15, -0.1) is 0 Å². The minimum atomic E-state index is -4.45. The molecule has 0 unspecified atom stereocenters. The number of rotatable bonds is 7. The van der Waals surface area contributed by atoms with Crippen molar-refractivity contribution in [3.8, 4) is 0 Å². The maximum atomic E-state index is 12.3. The molecule has 1 aromatic heterocycles. The first-order valence-corrected chi connectivity index (χ1v) is 7.02. The molecule has 0 aliphatic rings. The van der Waals surface area contributed by atoms with E-state index >= 15 is 0 Å². The zero-order valence-corrected chi connectivity index (χ0v) is 12.1. The highest BCUT2D eigenvalue weighted by molar-refractivity contribution is 9.09. The van der Waals surface area contributed by atoms with Crippen LogP contribution in [-0.2, 0) is 10.9 Å². The third kappa shape index (κ3) is 5.87. The Balaban J connectivity index is 2.37. The lowest BCUT2D eigenvalue weighted by Crippen LogP contribution is -2.26. The predicted octanol–water partition coefficient (Wildman–Crippen LogP) is 2.63. The van der Waals surface area contributed by atoms with Crippen molar-refractivity contribution in [1.82, 2.24) is 10.3 Å². The quantitative estimate of drug-likeness (QED) is 0.604. The summed E-state index contributed by atoms with van der Waals surface area (Å²) in [5.74, 6) is -0.501. The van der Waals surface area contributed by atoms with Crippen LogP contribution in [0.4, 0.5) is 13.2 Å². The average Bonchev–Trinajstić information content (AvgIpc) is 2.41. The molecular formula is C12H14BrF3N2O2. The zero-order chi connectivity index (χ0) is 15.0. The molecular weight excluding hydrogens is 341 g/mol. The van der Waals surface area contributed by atoms with Crippen LogP contribution in [0.5, 0.6) is 0 Å². The van der Waals surface area contributed by atoms with E-state index in [0.29, 0.717) is 32.4 Å². The number of halogens is 4. The molecule has 0 saturated heterocycles. The molecule has 0 spiro atoms. The van der Waals surface area contributed by atoms with E-state index in [1.165, 1.54) is 0 Å². The van der Waals surface area contributed by atoms with Gasteiger partial charge in [-0.25, -0.2) is 0 Å². The number of carbonyl (C=O) groups is 1. The topological polar surface area (TPSA) is 51.2 Å². The second-order valence-electron chi connectivity index (χ2n) is 3.84. The van der Waals surface area contributed by atoms with Crippen molar-refractivity contribution in [3.63, 3.8) is 0 Å². The Labute approximate surface area is 122 Å². The molecule has 0 aliphatic heterocycles. The van der Waals surface area contributed by atoms with Crippen molar-refractivity contribution in [2.75, 3.05) is 25.1 Å². The summed E-state index contributed by atoms with van der Waals surface area (Å²) >= 11 is 3.21. The van der Waals surface area contributed by atoms with E-state index in [1.54, 1.807) is 0 Å². The minimum Gasteiger partial charge on any atom is -0.381 e. The van der Waals surface area contributed by atoms with Gasteiger partial charge in [0.1, 0.15) is 5.69 Å². The van der Waals surface area contributed by atoms with Crippen LogP contribution in [0, 0.1) is 0 Å². The molecule has 0 radical (unpaired) electrons. The summed E-state index contributed by atoms with van der Waals surface area (Å²) in [5.41, 5.74) is -0.920. The fourth-order valence-corrected chi connectivity index (χ4v) is 1.55. The van der Waals surface area contributed by atoms with Crippen LogP contribution >= 0.6 is 15.9 Å². The van der Waals surface area contributed by atoms with Crippen molar-refractivity contribution >= 4 is 21.8 Å². The van der Waals surface area contributed by atoms with Crippen LogP contribution in [0.1, 0.15) is 22.5 Å². The maximum absolute atomic E-state index is 12.3. The Bertz CT molecular complexity index is 424. The third-order valence-corrected chi connectivity index (χ3v) is 2.62. The summed E-state index contributed by atoms with van der Waals surface area (Å²) in [6.07, 6.45) is -3.18. The zero-order valence-electron chi connectivity index (χ0n) is 10.5. The summed E-state index contributed by atoms with van der Waals surface area (Å²) < 4.78 is 42.1. The first-order chi connectivity index (χ1) is 9.45. The van der Waals surface area contributed by atoms with E-state index in [-0.39, 0.29) is 5.69 Å². The average molecular weight is 355 g/mol. The van der Waals surface area contributed by atoms with Gasteiger partial charge in [-0.3, -0.25) is 9.78 Å². The van der Waals surface area contributed by atoms with E-state index in [1.807, 2.05) is 0 Å². The molecule has 0 atom stereocenters. The highest BCUT2D eigenvalue weighted by Gasteiger charge is 2.30. The number of hydrogen-bond acceptors (Lipinski definition) is 3. The summed E-state index contributed by atoms with van der Waals surface area (Å²) in [5, 5.41) is 3.30. The lowest BCUT2D eigenvalue weighted by molar-refractivity contribution is -0.137. The second-order valence-corrected chi connectivity index (χ2v) is 4.63. The lowest BCUT2D eigenvalue weighted by Gasteiger charge is -2.07. The predicted molar refractivity (Wildman–Crippen MR) is 70.8 cm³/mol. The molecule has 8 heteroatoms. The van der Waals surface area contributed by atoms with Crippen LogP contribution < -0.4 is 5.32 Å². The fraction of sp³-hybridized carbons (Fsp3) is 0.500. The van der Waals surface area contributed by atoms with E-state index < -0.39 is 17.6 Å². The minimum absolute atomic E-state index is 0.0422. The van der Waals surface area contributed by atoms with Crippen LogP contribution in [0.25, 0.3) is 0 Å². The van der Waals surface area contributed by atoms with Crippen molar-refractivity contribution in [1.29, 1.82) is 0 Å². The molecule has 0 saturated carbocycles. The van der Waals surface area contributed by atoms with Crippen LogP contribution in [-0.4, -0.2) is 36.0 Å². The molecule has 1 N–H and O–H groups in total. The summed E-state index contributed by atoms with van der Waals surface area (Å²) in [7, 11) is 0. The van der Waals surface area contributed by atoms with Gasteiger partial charge in [0.25, 0.3) is 5.91 Å². The molecule has 1 aromatic rings. The van der Waals surface area contributed by atoms with E-state index in [9.17, 15) is 18.0 Å². The number of nitrogens with zero attached hydrogens (tertiary/aromatic N) is 1. The number of amides is 1. The Morgan fingerprint density at radius 1 is 1.35 bits per heavy atom. The third-order valence-electron chi connectivity index (χ3n) is 2.30. The Kier molecular flexibility index (Phi) is 6.94. The molecule has 1 rings (SSSR count). The van der Waals surface area contributed by atoms with Gasteiger partial charge in [-0.2, -0.15) is 13.2 Å². The first-order valence-electron chi connectivity index (χ1n) is 5.90. The van der Waals surface area contributed by atoms with Gasteiger partial charge < -0.3 is 10.1 Å². The second kappa shape index (κ2) is 8.21. The smallest absolute Gasteiger partial charge is 0.381 e. The van der Waals surface area contributed by atoms with Crippen LogP contribution in [0.2, 0.25) is 0 Å². The number of ether oxygens (including phenoxy) is 1. The highest BCUT2D eigenvalue weighted by Crippen LogP contribution is 2.28. The number of pyridine rings is 1. The van der Waals surface area contributed by atoms with Crippen molar-refractivity contribution in [2.45, 2.75) is 12.6 Å². The van der Waals surface area contributed by atoms with Gasteiger partial charge >= 0.3 is 6.18 Å². The van der Waals surface area contributed by atoms with Crippen LogP contribution in [0.3, 0.4) is 0 Å². The number of aromatic nitrogens is 1. The molecule has 1 amide bonds. The van der Waals surface area contributed by atoms with Gasteiger partial charge in [0.05, 0.1) is 12.2 Å². The Morgan fingerprint density at radius 3 is 2.65 bits per heavy atom. The summed E-state index contributed by atoms with van der Waals surface area (Å²) in [6, 6.07) is 1.89. The van der Waals surface area contributed by atoms with Gasteiger partial charge in [0.15, 0.2) is 0 Å². The van der Waals surface area contributed by atoms with Crippen molar-refractivity contribution < 1.29 is 22.7 Å².